The van der Waals surface area contributed by atoms with E-state index in [1.165, 1.54) is 32.7 Å². The third-order valence-electron chi connectivity index (χ3n) is 8.14. The summed E-state index contributed by atoms with van der Waals surface area (Å²) in [5, 5.41) is 8.91. The van der Waals surface area contributed by atoms with E-state index in [0.717, 1.165) is 52.1 Å². The van der Waals surface area contributed by atoms with E-state index in [0.29, 0.717) is 49.4 Å². The molecule has 0 spiro atoms. The number of rotatable bonds is 13. The van der Waals surface area contributed by atoms with Gasteiger partial charge in [-0.3, -0.25) is 4.79 Å². The Labute approximate surface area is 252 Å². The average molecular weight is 617 g/mol. The van der Waals surface area contributed by atoms with E-state index < -0.39 is 22.0 Å². The number of esters is 1. The van der Waals surface area contributed by atoms with Crippen molar-refractivity contribution in [2.45, 2.75) is 57.3 Å². The summed E-state index contributed by atoms with van der Waals surface area (Å²) in [5.74, 6) is -0.685. The van der Waals surface area contributed by atoms with E-state index in [4.69, 9.17) is 14.6 Å². The number of aromatic nitrogens is 1. The van der Waals surface area contributed by atoms with Crippen LogP contribution < -0.4 is 15.2 Å². The molecule has 1 aliphatic carbocycles. The molecule has 1 aromatic heterocycles. The molecule has 4 rings (SSSR count). The number of methoxy groups -OCH3 is 1. The lowest BCUT2D eigenvalue weighted by Crippen LogP contribution is -2.34. The van der Waals surface area contributed by atoms with Crippen LogP contribution in [-0.4, -0.2) is 63.0 Å². The van der Waals surface area contributed by atoms with Gasteiger partial charge >= 0.3 is 5.97 Å². The van der Waals surface area contributed by atoms with Crippen LogP contribution in [0, 0.1) is 5.82 Å². The fourth-order valence-electron chi connectivity index (χ4n) is 5.84. The molecule has 3 aromatic rings. The number of nitrogens with two attached hydrogens (primary N) is 1. The Balaban J connectivity index is 1.53. The Hall–Kier alpha value is -3.48. The number of carbonyl (C=O) groups excluding carboxylic acids is 2. The molecule has 0 saturated heterocycles. The van der Waals surface area contributed by atoms with Crippen molar-refractivity contribution in [1.29, 1.82) is 0 Å². The SMILES string of the molecule is COC(=O)c1ccc2c(C3CCCCC3)c(-c3ccc(F)cc3OCC(=O)NCCCCCN(C)S(N)(=O)=O)n(C)c2c1. The van der Waals surface area contributed by atoms with Crippen molar-refractivity contribution < 1.29 is 31.9 Å². The van der Waals surface area contributed by atoms with Gasteiger partial charge in [-0.1, -0.05) is 31.7 Å². The number of fused-ring (bicyclic) bond motifs is 1. The molecule has 43 heavy (non-hydrogen) atoms. The lowest BCUT2D eigenvalue weighted by atomic mass is 9.81. The van der Waals surface area contributed by atoms with Gasteiger partial charge in [0.1, 0.15) is 11.6 Å². The second-order valence-corrected chi connectivity index (χ2v) is 12.7. The zero-order chi connectivity index (χ0) is 31.1. The van der Waals surface area contributed by atoms with Crippen LogP contribution in [0.15, 0.2) is 36.4 Å². The highest BCUT2D eigenvalue weighted by Crippen LogP contribution is 2.46. The van der Waals surface area contributed by atoms with Crippen molar-refractivity contribution in [2.75, 3.05) is 33.9 Å². The number of nitrogens with zero attached hydrogens (tertiary/aromatic N) is 2. The van der Waals surface area contributed by atoms with Crippen LogP contribution in [-0.2, 0) is 26.8 Å². The summed E-state index contributed by atoms with van der Waals surface area (Å²) in [4.78, 5) is 24.9. The molecule has 0 radical (unpaired) electrons. The highest BCUT2D eigenvalue weighted by molar-refractivity contribution is 7.86. The van der Waals surface area contributed by atoms with Gasteiger partial charge in [-0.2, -0.15) is 12.7 Å². The molecule has 10 nitrogen and oxygen atoms in total. The van der Waals surface area contributed by atoms with Crippen LogP contribution in [0.5, 0.6) is 5.75 Å². The van der Waals surface area contributed by atoms with Gasteiger partial charge in [-0.05, 0) is 61.4 Å². The smallest absolute Gasteiger partial charge is 0.337 e. The second kappa shape index (κ2) is 14.3. The van der Waals surface area contributed by atoms with Gasteiger partial charge in [0.15, 0.2) is 6.61 Å². The topological polar surface area (TPSA) is 133 Å². The molecule has 0 bridgehead atoms. The van der Waals surface area contributed by atoms with E-state index in [2.05, 4.69) is 5.32 Å². The third kappa shape index (κ3) is 7.92. The predicted molar refractivity (Wildman–Crippen MR) is 164 cm³/mol. The van der Waals surface area contributed by atoms with Crippen molar-refractivity contribution in [2.24, 2.45) is 12.2 Å². The minimum absolute atomic E-state index is 0.261. The number of benzene rings is 2. The van der Waals surface area contributed by atoms with E-state index in [1.54, 1.807) is 12.1 Å². The van der Waals surface area contributed by atoms with E-state index in [1.807, 2.05) is 23.7 Å². The van der Waals surface area contributed by atoms with E-state index >= 15 is 0 Å². The van der Waals surface area contributed by atoms with Crippen molar-refractivity contribution in [1.82, 2.24) is 14.2 Å². The van der Waals surface area contributed by atoms with Gasteiger partial charge in [0, 0.05) is 49.7 Å². The number of carbonyl (C=O) groups is 2. The van der Waals surface area contributed by atoms with Crippen molar-refractivity contribution in [3.8, 4) is 17.0 Å². The number of amides is 1. The van der Waals surface area contributed by atoms with Crippen LogP contribution in [0.4, 0.5) is 4.39 Å². The largest absolute Gasteiger partial charge is 0.483 e. The molecule has 0 atom stereocenters. The van der Waals surface area contributed by atoms with Crippen LogP contribution in [0.2, 0.25) is 0 Å². The summed E-state index contributed by atoms with van der Waals surface area (Å²) in [5.41, 5.74) is 4.00. The number of halogens is 1. The molecule has 12 heteroatoms. The lowest BCUT2D eigenvalue weighted by Gasteiger charge is -2.24. The van der Waals surface area contributed by atoms with Gasteiger partial charge in [0.25, 0.3) is 16.1 Å². The summed E-state index contributed by atoms with van der Waals surface area (Å²) >= 11 is 0. The molecule has 2 aromatic carbocycles. The van der Waals surface area contributed by atoms with Crippen LogP contribution in [0.3, 0.4) is 0 Å². The molecule has 234 valence electrons. The molecule has 1 amide bonds. The highest BCUT2D eigenvalue weighted by atomic mass is 32.2. The first-order chi connectivity index (χ1) is 20.5. The number of ether oxygens (including phenoxy) is 2. The third-order valence-corrected chi connectivity index (χ3v) is 9.19. The standard InChI is InChI=1S/C31H41FN4O6S/c1-35(43(33,39)40)17-9-5-8-16-34-28(37)20-42-27-19-23(32)13-15-25(27)30-29(21-10-6-4-7-11-21)24-14-12-22(31(38)41-3)18-26(24)36(30)2/h12-15,18-19,21H,4-11,16-17,20H2,1-3H3,(H,34,37)(H2,33,39,40). The van der Waals surface area contributed by atoms with Gasteiger partial charge in [-0.15, -0.1) is 0 Å². The number of hydrogen-bond acceptors (Lipinski definition) is 6. The maximum Gasteiger partial charge on any atom is 0.337 e. The first-order valence-electron chi connectivity index (χ1n) is 14.7. The monoisotopic (exact) mass is 616 g/mol. The molecule has 1 aliphatic rings. The first kappa shape index (κ1) is 32.4. The summed E-state index contributed by atoms with van der Waals surface area (Å²) in [6.45, 7) is 0.411. The van der Waals surface area contributed by atoms with Crippen LogP contribution >= 0.6 is 0 Å². The Morgan fingerprint density at radius 1 is 1.09 bits per heavy atom. The van der Waals surface area contributed by atoms with Crippen molar-refractivity contribution in [3.63, 3.8) is 0 Å². The number of nitrogens with one attached hydrogen (secondary N) is 1. The Kier molecular flexibility index (Phi) is 10.8. The van der Waals surface area contributed by atoms with Gasteiger partial charge in [-0.25, -0.2) is 14.3 Å². The molecular weight excluding hydrogens is 575 g/mol. The van der Waals surface area contributed by atoms with E-state index in [-0.39, 0.29) is 18.3 Å². The minimum atomic E-state index is -3.70. The number of unbranched alkanes of at least 4 members (excludes halogenated alkanes) is 2. The normalized spacial score (nSPS) is 14.3. The fraction of sp³-hybridized carbons (Fsp3) is 0.484. The molecule has 1 heterocycles. The Morgan fingerprint density at radius 3 is 2.53 bits per heavy atom. The average Bonchev–Trinajstić information content (AvgIpc) is 3.28. The zero-order valence-corrected chi connectivity index (χ0v) is 25.8. The molecule has 3 N–H and O–H groups in total. The highest BCUT2D eigenvalue weighted by Gasteiger charge is 2.28. The van der Waals surface area contributed by atoms with Crippen molar-refractivity contribution in [3.05, 3.63) is 53.3 Å². The van der Waals surface area contributed by atoms with Crippen LogP contribution in [0.25, 0.3) is 22.2 Å². The predicted octanol–water partition coefficient (Wildman–Crippen LogP) is 4.62. The van der Waals surface area contributed by atoms with Crippen LogP contribution in [0.1, 0.15) is 73.2 Å². The molecule has 0 unspecified atom stereocenters. The summed E-state index contributed by atoms with van der Waals surface area (Å²) in [6, 6.07) is 9.92. The maximum absolute atomic E-state index is 14.5. The zero-order valence-electron chi connectivity index (χ0n) is 25.0. The molecule has 0 aliphatic heterocycles. The summed E-state index contributed by atoms with van der Waals surface area (Å²) < 4.78 is 51.0. The Morgan fingerprint density at radius 2 is 1.84 bits per heavy atom. The fourth-order valence-corrected chi connectivity index (χ4v) is 6.22. The minimum Gasteiger partial charge on any atom is -0.483 e. The number of hydrogen-bond donors (Lipinski definition) is 2. The molecule has 1 saturated carbocycles. The summed E-state index contributed by atoms with van der Waals surface area (Å²) in [6.07, 6.45) is 7.47. The Bertz CT molecular complexity index is 1570. The lowest BCUT2D eigenvalue weighted by molar-refractivity contribution is -0.123. The van der Waals surface area contributed by atoms with Gasteiger partial charge < -0.3 is 19.4 Å². The molecular formula is C31H41FN4O6S. The summed E-state index contributed by atoms with van der Waals surface area (Å²) in [7, 11) is 1.00. The second-order valence-electron chi connectivity index (χ2n) is 11.1. The first-order valence-corrected chi connectivity index (χ1v) is 16.2. The van der Waals surface area contributed by atoms with Crippen molar-refractivity contribution >= 4 is 33.0 Å². The number of aryl methyl sites for hydroxylation is 1. The molecule has 1 fully saturated rings. The quantitative estimate of drug-likeness (QED) is 0.213. The van der Waals surface area contributed by atoms with Gasteiger partial charge in [0.05, 0.1) is 18.4 Å². The maximum atomic E-state index is 14.5. The van der Waals surface area contributed by atoms with E-state index in [9.17, 15) is 22.4 Å². The van der Waals surface area contributed by atoms with Gasteiger partial charge in [0.2, 0.25) is 0 Å².